The lowest BCUT2D eigenvalue weighted by molar-refractivity contribution is -0.123. The van der Waals surface area contributed by atoms with E-state index in [4.69, 9.17) is 14.2 Å². The van der Waals surface area contributed by atoms with Crippen molar-refractivity contribution in [1.29, 1.82) is 0 Å². The number of carbonyl (C=O) groups excluding carboxylic acids is 2. The van der Waals surface area contributed by atoms with Crippen LogP contribution in [0.3, 0.4) is 0 Å². The molecular weight excluding hydrogens is 348 g/mol. The van der Waals surface area contributed by atoms with Gasteiger partial charge in [0.15, 0.2) is 17.6 Å². The summed E-state index contributed by atoms with van der Waals surface area (Å²) in [6.07, 6.45) is -0.984. The number of hydrogen-bond donors (Lipinski definition) is 1. The number of ether oxygens (including phenoxy) is 3. The Kier molecular flexibility index (Phi) is 6.65. The Bertz CT molecular complexity index is 803. The molecule has 1 atom stereocenters. The predicted molar refractivity (Wildman–Crippen MR) is 104 cm³/mol. The molecule has 27 heavy (non-hydrogen) atoms. The van der Waals surface area contributed by atoms with Gasteiger partial charge in [0.2, 0.25) is 0 Å². The molecule has 0 fully saturated rings. The van der Waals surface area contributed by atoms with Crippen LogP contribution in [0.15, 0.2) is 42.5 Å². The first-order valence-electron chi connectivity index (χ1n) is 8.37. The standard InChI is InChI=1S/C20H24N2O5/c1-13(19(23)21-14-9-11-15(12-10-14)22(2)3)27-20(24)16-7-6-8-17(25-4)18(16)26-5/h6-13H,1-5H3,(H,21,23)/t13-/m0/s1. The molecule has 144 valence electrons. The van der Waals surface area contributed by atoms with Crippen molar-refractivity contribution < 1.29 is 23.8 Å². The number of carbonyl (C=O) groups is 2. The fourth-order valence-corrected chi connectivity index (χ4v) is 2.41. The van der Waals surface area contributed by atoms with E-state index in [0.29, 0.717) is 11.4 Å². The van der Waals surface area contributed by atoms with Gasteiger partial charge in [-0.25, -0.2) is 4.79 Å². The summed E-state index contributed by atoms with van der Waals surface area (Å²) in [7, 11) is 6.77. The number of anilines is 2. The minimum Gasteiger partial charge on any atom is -0.493 e. The zero-order valence-electron chi connectivity index (χ0n) is 16.1. The number of hydrogen-bond acceptors (Lipinski definition) is 6. The molecule has 0 aliphatic carbocycles. The number of esters is 1. The smallest absolute Gasteiger partial charge is 0.342 e. The van der Waals surface area contributed by atoms with Gasteiger partial charge in [0.05, 0.1) is 14.2 Å². The third kappa shape index (κ3) is 4.91. The van der Waals surface area contributed by atoms with Gasteiger partial charge >= 0.3 is 5.97 Å². The van der Waals surface area contributed by atoms with E-state index in [1.54, 1.807) is 30.3 Å². The Labute approximate surface area is 158 Å². The van der Waals surface area contributed by atoms with Crippen molar-refractivity contribution in [1.82, 2.24) is 0 Å². The van der Waals surface area contributed by atoms with Crippen LogP contribution in [0.2, 0.25) is 0 Å². The summed E-state index contributed by atoms with van der Waals surface area (Å²) in [6.45, 7) is 1.51. The molecule has 0 aromatic heterocycles. The van der Waals surface area contributed by atoms with E-state index in [1.807, 2.05) is 31.1 Å². The Balaban J connectivity index is 2.04. The summed E-state index contributed by atoms with van der Waals surface area (Å²) >= 11 is 0. The van der Waals surface area contributed by atoms with Crippen LogP contribution in [0.25, 0.3) is 0 Å². The molecule has 0 aliphatic rings. The van der Waals surface area contributed by atoms with Crippen molar-refractivity contribution in [2.24, 2.45) is 0 Å². The van der Waals surface area contributed by atoms with Crippen LogP contribution >= 0.6 is 0 Å². The highest BCUT2D eigenvalue weighted by Gasteiger charge is 2.23. The minimum atomic E-state index is -0.984. The molecular formula is C20H24N2O5. The molecule has 0 bridgehead atoms. The third-order valence-electron chi connectivity index (χ3n) is 3.93. The highest BCUT2D eigenvalue weighted by Crippen LogP contribution is 2.31. The lowest BCUT2D eigenvalue weighted by Crippen LogP contribution is -2.30. The molecule has 0 radical (unpaired) electrons. The maximum atomic E-state index is 12.4. The molecule has 0 spiro atoms. The average molecular weight is 372 g/mol. The summed E-state index contributed by atoms with van der Waals surface area (Å²) in [4.78, 5) is 26.7. The quantitative estimate of drug-likeness (QED) is 0.753. The molecule has 0 saturated heterocycles. The van der Waals surface area contributed by atoms with Crippen LogP contribution < -0.4 is 19.7 Å². The second kappa shape index (κ2) is 8.93. The zero-order valence-corrected chi connectivity index (χ0v) is 16.1. The lowest BCUT2D eigenvalue weighted by atomic mass is 10.2. The van der Waals surface area contributed by atoms with Gasteiger partial charge < -0.3 is 24.4 Å². The zero-order chi connectivity index (χ0) is 20.0. The summed E-state index contributed by atoms with van der Waals surface area (Å²) in [5.41, 5.74) is 1.82. The highest BCUT2D eigenvalue weighted by atomic mass is 16.6. The lowest BCUT2D eigenvalue weighted by Gasteiger charge is -2.16. The molecule has 0 aliphatic heterocycles. The SMILES string of the molecule is COc1cccc(C(=O)O[C@@H](C)C(=O)Nc2ccc(N(C)C)cc2)c1OC. The van der Waals surface area contributed by atoms with Gasteiger partial charge in [-0.15, -0.1) is 0 Å². The molecule has 2 rings (SSSR count). The van der Waals surface area contributed by atoms with Crippen LogP contribution in [0.5, 0.6) is 11.5 Å². The van der Waals surface area contributed by atoms with Crippen LogP contribution in [-0.2, 0) is 9.53 Å². The van der Waals surface area contributed by atoms with Crippen molar-refractivity contribution in [3.8, 4) is 11.5 Å². The van der Waals surface area contributed by atoms with Crippen LogP contribution in [0.4, 0.5) is 11.4 Å². The molecule has 0 heterocycles. The number of nitrogens with one attached hydrogen (secondary N) is 1. The van der Waals surface area contributed by atoms with Gasteiger partial charge in [-0.3, -0.25) is 4.79 Å². The molecule has 0 unspecified atom stereocenters. The van der Waals surface area contributed by atoms with E-state index in [2.05, 4.69) is 5.32 Å². The first-order valence-corrected chi connectivity index (χ1v) is 8.37. The van der Waals surface area contributed by atoms with Gasteiger partial charge in [-0.1, -0.05) is 6.07 Å². The fourth-order valence-electron chi connectivity index (χ4n) is 2.41. The number of amides is 1. The van der Waals surface area contributed by atoms with Crippen molar-refractivity contribution in [3.63, 3.8) is 0 Å². The van der Waals surface area contributed by atoms with Crippen molar-refractivity contribution in [2.75, 3.05) is 38.5 Å². The van der Waals surface area contributed by atoms with Gasteiger partial charge in [0.25, 0.3) is 5.91 Å². The van der Waals surface area contributed by atoms with E-state index in [0.717, 1.165) is 5.69 Å². The molecule has 2 aromatic rings. The summed E-state index contributed by atoms with van der Waals surface area (Å²) in [5.74, 6) is -0.430. The van der Waals surface area contributed by atoms with E-state index in [1.165, 1.54) is 21.1 Å². The Hall–Kier alpha value is -3.22. The Morgan fingerprint density at radius 3 is 2.22 bits per heavy atom. The first-order chi connectivity index (χ1) is 12.9. The molecule has 1 N–H and O–H groups in total. The predicted octanol–water partition coefficient (Wildman–Crippen LogP) is 2.95. The van der Waals surface area contributed by atoms with Crippen LogP contribution in [0, 0.1) is 0 Å². The van der Waals surface area contributed by atoms with Crippen LogP contribution in [-0.4, -0.2) is 46.3 Å². The molecule has 7 heteroatoms. The fraction of sp³-hybridized carbons (Fsp3) is 0.300. The highest BCUT2D eigenvalue weighted by molar-refractivity contribution is 5.98. The Morgan fingerprint density at radius 1 is 1.00 bits per heavy atom. The summed E-state index contributed by atoms with van der Waals surface area (Å²) in [6, 6.07) is 12.2. The van der Waals surface area contributed by atoms with Crippen molar-refractivity contribution >= 4 is 23.3 Å². The first kappa shape index (κ1) is 20.1. The third-order valence-corrected chi connectivity index (χ3v) is 3.93. The van der Waals surface area contributed by atoms with Gasteiger partial charge in [-0.2, -0.15) is 0 Å². The van der Waals surface area contributed by atoms with Crippen molar-refractivity contribution in [2.45, 2.75) is 13.0 Å². The average Bonchev–Trinajstić information content (AvgIpc) is 2.67. The van der Waals surface area contributed by atoms with E-state index >= 15 is 0 Å². The van der Waals surface area contributed by atoms with Gasteiger partial charge in [-0.05, 0) is 43.3 Å². The molecule has 0 saturated carbocycles. The number of rotatable bonds is 7. The second-order valence-corrected chi connectivity index (χ2v) is 6.02. The molecule has 2 aromatic carbocycles. The maximum Gasteiger partial charge on any atom is 0.342 e. The number of para-hydroxylation sites is 1. The van der Waals surface area contributed by atoms with Crippen LogP contribution in [0.1, 0.15) is 17.3 Å². The monoisotopic (exact) mass is 372 g/mol. The number of nitrogens with zero attached hydrogens (tertiary/aromatic N) is 1. The van der Waals surface area contributed by atoms with E-state index in [9.17, 15) is 9.59 Å². The Morgan fingerprint density at radius 2 is 1.67 bits per heavy atom. The molecule has 1 amide bonds. The number of benzene rings is 2. The topological polar surface area (TPSA) is 77.1 Å². The largest absolute Gasteiger partial charge is 0.493 e. The summed E-state index contributed by atoms with van der Waals surface area (Å²) < 4.78 is 15.7. The number of methoxy groups -OCH3 is 2. The van der Waals surface area contributed by atoms with Gasteiger partial charge in [0, 0.05) is 25.5 Å². The van der Waals surface area contributed by atoms with E-state index < -0.39 is 18.0 Å². The second-order valence-electron chi connectivity index (χ2n) is 6.02. The normalized spacial score (nSPS) is 11.3. The summed E-state index contributed by atoms with van der Waals surface area (Å²) in [5, 5.41) is 2.73. The maximum absolute atomic E-state index is 12.4. The van der Waals surface area contributed by atoms with Crippen molar-refractivity contribution in [3.05, 3.63) is 48.0 Å². The van der Waals surface area contributed by atoms with Gasteiger partial charge in [0.1, 0.15) is 5.56 Å². The minimum absolute atomic E-state index is 0.187. The van der Waals surface area contributed by atoms with E-state index in [-0.39, 0.29) is 11.3 Å². The molecule has 7 nitrogen and oxygen atoms in total.